The van der Waals surface area contributed by atoms with Gasteiger partial charge in [0.25, 0.3) is 5.91 Å². The number of amides is 1. The molecule has 3 nitrogen and oxygen atoms in total. The first-order valence-electron chi connectivity index (χ1n) is 5.29. The monoisotopic (exact) mass is 285 g/mol. The van der Waals surface area contributed by atoms with Gasteiger partial charge in [0.1, 0.15) is 5.75 Å². The minimum absolute atomic E-state index is 0.0630. The van der Waals surface area contributed by atoms with Crippen LogP contribution in [0.3, 0.4) is 0 Å². The van der Waals surface area contributed by atoms with E-state index in [4.69, 9.17) is 4.74 Å². The van der Waals surface area contributed by atoms with Gasteiger partial charge in [0.05, 0.1) is 0 Å². The summed E-state index contributed by atoms with van der Waals surface area (Å²) in [5, 5.41) is 3.64. The minimum Gasteiger partial charge on any atom is -0.484 e. The Kier molecular flexibility index (Phi) is 5.93. The van der Waals surface area contributed by atoms with Crippen molar-refractivity contribution in [2.45, 2.75) is 19.4 Å². The Balaban J connectivity index is 2.30. The van der Waals surface area contributed by atoms with Crippen LogP contribution in [0.5, 0.6) is 5.75 Å². The van der Waals surface area contributed by atoms with Gasteiger partial charge in [-0.3, -0.25) is 4.79 Å². The van der Waals surface area contributed by atoms with Crippen molar-refractivity contribution in [3.63, 3.8) is 0 Å². The second-order valence-corrected chi connectivity index (χ2v) is 4.08. The molecule has 0 aliphatic carbocycles. The molecule has 1 amide bonds. The second kappa shape index (κ2) is 7.28. The van der Waals surface area contributed by atoms with Crippen molar-refractivity contribution in [3.05, 3.63) is 30.3 Å². The standard InChI is InChI=1S/C12H16BrNO2/c1-2-10(8-13)14-12(15)9-16-11-6-4-3-5-7-11/h3-7,10H,2,8-9H2,1H3,(H,14,15). The molecule has 0 saturated carbocycles. The number of alkyl halides is 1. The van der Waals surface area contributed by atoms with E-state index in [1.807, 2.05) is 37.3 Å². The molecule has 0 fully saturated rings. The number of benzene rings is 1. The van der Waals surface area contributed by atoms with Crippen LogP contribution < -0.4 is 10.1 Å². The van der Waals surface area contributed by atoms with E-state index in [1.54, 1.807) is 0 Å². The number of carbonyl (C=O) groups excluding carboxylic acids is 1. The molecule has 88 valence electrons. The van der Waals surface area contributed by atoms with E-state index < -0.39 is 0 Å². The molecule has 1 aromatic carbocycles. The summed E-state index contributed by atoms with van der Waals surface area (Å²) >= 11 is 3.34. The van der Waals surface area contributed by atoms with Crippen molar-refractivity contribution in [3.8, 4) is 5.75 Å². The summed E-state index contributed by atoms with van der Waals surface area (Å²) in [5.41, 5.74) is 0. The smallest absolute Gasteiger partial charge is 0.258 e. The van der Waals surface area contributed by atoms with Crippen LogP contribution in [0.4, 0.5) is 0 Å². The second-order valence-electron chi connectivity index (χ2n) is 3.43. The molecule has 0 spiro atoms. The molecule has 1 N–H and O–H groups in total. The van der Waals surface area contributed by atoms with Crippen LogP contribution in [0, 0.1) is 0 Å². The zero-order chi connectivity index (χ0) is 11.8. The number of carbonyl (C=O) groups is 1. The lowest BCUT2D eigenvalue weighted by Gasteiger charge is -2.14. The Bertz CT molecular complexity index is 312. The van der Waals surface area contributed by atoms with Crippen molar-refractivity contribution in [2.24, 2.45) is 0 Å². The Hall–Kier alpha value is -1.03. The predicted molar refractivity (Wildman–Crippen MR) is 68.0 cm³/mol. The topological polar surface area (TPSA) is 38.3 Å². The number of halogens is 1. The van der Waals surface area contributed by atoms with Gasteiger partial charge in [-0.25, -0.2) is 0 Å². The summed E-state index contributed by atoms with van der Waals surface area (Å²) in [6.45, 7) is 2.10. The van der Waals surface area contributed by atoms with Crippen LogP contribution in [0.15, 0.2) is 30.3 Å². The molecule has 4 heteroatoms. The lowest BCUT2D eigenvalue weighted by molar-refractivity contribution is -0.123. The first kappa shape index (κ1) is 13.0. The summed E-state index contributed by atoms with van der Waals surface area (Å²) < 4.78 is 5.33. The van der Waals surface area contributed by atoms with Gasteiger partial charge in [0, 0.05) is 11.4 Å². The van der Waals surface area contributed by atoms with Gasteiger partial charge in [-0.15, -0.1) is 0 Å². The maximum absolute atomic E-state index is 11.5. The molecule has 1 rings (SSSR count). The van der Waals surface area contributed by atoms with Crippen LogP contribution in [0.2, 0.25) is 0 Å². The molecule has 0 radical (unpaired) electrons. The zero-order valence-electron chi connectivity index (χ0n) is 9.28. The van der Waals surface area contributed by atoms with Crippen LogP contribution in [-0.2, 0) is 4.79 Å². The molecular weight excluding hydrogens is 270 g/mol. The highest BCUT2D eigenvalue weighted by Gasteiger charge is 2.08. The summed E-state index contributed by atoms with van der Waals surface area (Å²) in [4.78, 5) is 11.5. The zero-order valence-corrected chi connectivity index (χ0v) is 10.9. The summed E-state index contributed by atoms with van der Waals surface area (Å²) in [6.07, 6.45) is 0.905. The molecule has 0 aliphatic heterocycles. The van der Waals surface area contributed by atoms with Crippen LogP contribution in [0.25, 0.3) is 0 Å². The van der Waals surface area contributed by atoms with Gasteiger partial charge in [-0.2, -0.15) is 0 Å². The van der Waals surface area contributed by atoms with E-state index in [1.165, 1.54) is 0 Å². The van der Waals surface area contributed by atoms with Gasteiger partial charge < -0.3 is 10.1 Å². The van der Waals surface area contributed by atoms with E-state index in [2.05, 4.69) is 21.2 Å². The highest BCUT2D eigenvalue weighted by molar-refractivity contribution is 9.09. The average molecular weight is 286 g/mol. The van der Waals surface area contributed by atoms with Crippen molar-refractivity contribution >= 4 is 21.8 Å². The summed E-state index contributed by atoms with van der Waals surface area (Å²) in [6, 6.07) is 9.49. The van der Waals surface area contributed by atoms with Crippen molar-refractivity contribution in [1.82, 2.24) is 5.32 Å². The highest BCUT2D eigenvalue weighted by atomic mass is 79.9. The van der Waals surface area contributed by atoms with E-state index in [0.29, 0.717) is 5.75 Å². The maximum Gasteiger partial charge on any atom is 0.258 e. The van der Waals surface area contributed by atoms with Crippen LogP contribution in [-0.4, -0.2) is 23.9 Å². The van der Waals surface area contributed by atoms with Gasteiger partial charge in [0.15, 0.2) is 6.61 Å². The highest BCUT2D eigenvalue weighted by Crippen LogP contribution is 2.07. The number of hydrogen-bond acceptors (Lipinski definition) is 2. The number of para-hydroxylation sites is 1. The Morgan fingerprint density at radius 1 is 1.44 bits per heavy atom. The van der Waals surface area contributed by atoms with Gasteiger partial charge >= 0.3 is 0 Å². The molecular formula is C12H16BrNO2. The maximum atomic E-state index is 11.5. The first-order chi connectivity index (χ1) is 7.76. The third kappa shape index (κ3) is 4.66. The molecule has 0 aromatic heterocycles. The van der Waals surface area contributed by atoms with Crippen molar-refractivity contribution < 1.29 is 9.53 Å². The Morgan fingerprint density at radius 3 is 2.69 bits per heavy atom. The SMILES string of the molecule is CCC(CBr)NC(=O)COc1ccccc1. The molecule has 0 saturated heterocycles. The molecule has 1 unspecified atom stereocenters. The third-order valence-electron chi connectivity index (χ3n) is 2.16. The number of ether oxygens (including phenoxy) is 1. The molecule has 0 heterocycles. The molecule has 0 aliphatic rings. The number of hydrogen-bond donors (Lipinski definition) is 1. The largest absolute Gasteiger partial charge is 0.484 e. The fourth-order valence-electron chi connectivity index (χ4n) is 1.18. The molecule has 0 bridgehead atoms. The number of rotatable bonds is 6. The van der Waals surface area contributed by atoms with Crippen LogP contribution in [0.1, 0.15) is 13.3 Å². The first-order valence-corrected chi connectivity index (χ1v) is 6.41. The average Bonchev–Trinajstić information content (AvgIpc) is 2.34. The Morgan fingerprint density at radius 2 is 2.12 bits per heavy atom. The normalized spacial score (nSPS) is 11.9. The fourth-order valence-corrected chi connectivity index (χ4v) is 1.80. The number of nitrogens with one attached hydrogen (secondary N) is 1. The molecule has 1 aromatic rings. The fraction of sp³-hybridized carbons (Fsp3) is 0.417. The van der Waals surface area contributed by atoms with Crippen molar-refractivity contribution in [2.75, 3.05) is 11.9 Å². The van der Waals surface area contributed by atoms with Gasteiger partial charge in [-0.1, -0.05) is 41.1 Å². The lowest BCUT2D eigenvalue weighted by atomic mass is 10.2. The van der Waals surface area contributed by atoms with Gasteiger partial charge in [-0.05, 0) is 18.6 Å². The lowest BCUT2D eigenvalue weighted by Crippen LogP contribution is -2.38. The van der Waals surface area contributed by atoms with Gasteiger partial charge in [0.2, 0.25) is 0 Å². The van der Waals surface area contributed by atoms with E-state index in [9.17, 15) is 4.79 Å². The van der Waals surface area contributed by atoms with E-state index >= 15 is 0 Å². The molecule has 1 atom stereocenters. The van der Waals surface area contributed by atoms with Crippen LogP contribution >= 0.6 is 15.9 Å². The summed E-state index contributed by atoms with van der Waals surface area (Å²) in [5.74, 6) is 0.625. The third-order valence-corrected chi connectivity index (χ3v) is 2.94. The predicted octanol–water partition coefficient (Wildman–Crippen LogP) is 2.36. The quantitative estimate of drug-likeness (QED) is 0.815. The molecule has 16 heavy (non-hydrogen) atoms. The summed E-state index contributed by atoms with van der Waals surface area (Å²) in [7, 11) is 0. The van der Waals surface area contributed by atoms with E-state index in [-0.39, 0.29) is 18.6 Å². The Labute approximate surface area is 104 Å². The van der Waals surface area contributed by atoms with E-state index in [0.717, 1.165) is 11.8 Å². The minimum atomic E-state index is -0.0878. The van der Waals surface area contributed by atoms with Crippen molar-refractivity contribution in [1.29, 1.82) is 0 Å².